The maximum absolute atomic E-state index is 12.7. The van der Waals surface area contributed by atoms with Crippen LogP contribution in [0.15, 0.2) is 45.9 Å². The molecule has 0 fully saturated rings. The first kappa shape index (κ1) is 28.7. The number of rotatable bonds is 8. The number of aromatic amines is 1. The van der Waals surface area contributed by atoms with Gasteiger partial charge in [-0.15, -0.1) is 0 Å². The number of allylic oxidation sites excluding steroid dienone is 2. The van der Waals surface area contributed by atoms with Gasteiger partial charge < -0.3 is 25.3 Å². The maximum Gasteiger partial charge on any atom is 0.354 e. The minimum Gasteiger partial charge on any atom is -0.460 e. The van der Waals surface area contributed by atoms with E-state index in [1.807, 2.05) is 7.05 Å². The first-order valence-electron chi connectivity index (χ1n) is 14.5. The number of anilines is 3. The number of esters is 1. The smallest absolute Gasteiger partial charge is 0.354 e. The molecule has 2 aromatic rings. The monoisotopic (exact) mass is 610 g/mol. The zero-order valence-corrected chi connectivity index (χ0v) is 26.1. The van der Waals surface area contributed by atoms with E-state index in [1.54, 1.807) is 23.4 Å². The summed E-state index contributed by atoms with van der Waals surface area (Å²) in [7, 11) is 2.04. The summed E-state index contributed by atoms with van der Waals surface area (Å²) in [6.45, 7) is 11.5. The lowest BCUT2D eigenvalue weighted by Crippen LogP contribution is -2.40. The number of hydrogen-bond acceptors (Lipinski definition) is 7. The molecular weight excluding hydrogens is 568 g/mol. The van der Waals surface area contributed by atoms with Crippen LogP contribution < -0.4 is 15.5 Å². The fourth-order valence-electron chi connectivity index (χ4n) is 7.06. The normalized spacial score (nSPS) is 26.6. The molecule has 0 saturated carbocycles. The molecule has 0 aromatic carbocycles. The number of H-pyrrole nitrogens is 1. The van der Waals surface area contributed by atoms with E-state index < -0.39 is 0 Å². The molecule has 0 radical (unpaired) electrons. The highest BCUT2D eigenvalue weighted by Gasteiger charge is 2.46. The van der Waals surface area contributed by atoms with Crippen LogP contribution >= 0.6 is 15.9 Å². The highest BCUT2D eigenvalue weighted by molar-refractivity contribution is 9.10. The van der Waals surface area contributed by atoms with Crippen molar-refractivity contribution in [3.63, 3.8) is 0 Å². The predicted octanol–water partition coefficient (Wildman–Crippen LogP) is 6.87. The van der Waals surface area contributed by atoms with Gasteiger partial charge in [-0.25, -0.2) is 14.8 Å². The Morgan fingerprint density at radius 1 is 1.30 bits per heavy atom. The Bertz CT molecular complexity index is 1330. The molecule has 216 valence electrons. The lowest BCUT2D eigenvalue weighted by atomic mass is 9.55. The SMILES string of the molecule is CC(=CCN1CN(C)c2ncnc(N)c21)CCC1(C)C2=C(CCC1C)C(C)(COC(=O)c1cc(Br)c[nH]1)CCC2. The van der Waals surface area contributed by atoms with Crippen molar-refractivity contribution in [2.45, 2.75) is 72.6 Å². The number of nitrogens with two attached hydrogens (primary N) is 1. The topological polar surface area (TPSA) is 100 Å². The molecule has 9 heteroatoms. The highest BCUT2D eigenvalue weighted by Crippen LogP contribution is 2.57. The maximum atomic E-state index is 12.7. The molecule has 0 bridgehead atoms. The van der Waals surface area contributed by atoms with Gasteiger partial charge in [0.1, 0.15) is 24.3 Å². The quantitative estimate of drug-likeness (QED) is 0.248. The van der Waals surface area contributed by atoms with E-state index >= 15 is 0 Å². The summed E-state index contributed by atoms with van der Waals surface area (Å²) in [6, 6.07) is 1.77. The van der Waals surface area contributed by atoms with Crippen molar-refractivity contribution >= 4 is 39.2 Å². The van der Waals surface area contributed by atoms with Gasteiger partial charge in [0.15, 0.2) is 11.6 Å². The Labute approximate surface area is 246 Å². The van der Waals surface area contributed by atoms with Crippen molar-refractivity contribution in [3.8, 4) is 0 Å². The molecule has 3 atom stereocenters. The number of aromatic nitrogens is 3. The van der Waals surface area contributed by atoms with Crippen molar-refractivity contribution in [1.29, 1.82) is 0 Å². The van der Waals surface area contributed by atoms with Gasteiger partial charge in [-0.05, 0) is 85.2 Å². The Kier molecular flexibility index (Phi) is 8.06. The first-order chi connectivity index (χ1) is 19.0. The van der Waals surface area contributed by atoms with E-state index in [-0.39, 0.29) is 16.8 Å². The molecule has 0 spiro atoms. The summed E-state index contributed by atoms with van der Waals surface area (Å²) in [5.74, 6) is 1.77. The number of carbonyl (C=O) groups is 1. The molecule has 5 rings (SSSR count). The molecular formula is C31H43BrN6O2. The van der Waals surface area contributed by atoms with Crippen molar-refractivity contribution in [1.82, 2.24) is 15.0 Å². The molecule has 0 amide bonds. The van der Waals surface area contributed by atoms with Gasteiger partial charge >= 0.3 is 5.97 Å². The number of fused-ring (bicyclic) bond motifs is 1. The zero-order chi connectivity index (χ0) is 28.7. The van der Waals surface area contributed by atoms with Crippen LogP contribution in [0.1, 0.15) is 83.1 Å². The number of ether oxygens (including phenoxy) is 1. The molecule has 3 heterocycles. The third-order valence-electron chi connectivity index (χ3n) is 9.83. The van der Waals surface area contributed by atoms with Crippen LogP contribution in [-0.4, -0.2) is 47.8 Å². The standard InChI is InChI=1S/C31H43BrN6O2/c1-20(11-14-38-19-37(5)28-26(38)27(33)35-18-36-28)10-13-31(4)21(2)8-9-23-24(31)7-6-12-30(23,3)17-40-29(39)25-15-22(32)16-34-25/h11,15-16,18,21,34H,6-10,12-14,17,19H2,1-5H3,(H2,33,35,36). The van der Waals surface area contributed by atoms with Gasteiger partial charge in [0.25, 0.3) is 0 Å². The van der Waals surface area contributed by atoms with Crippen molar-refractivity contribution < 1.29 is 9.53 Å². The van der Waals surface area contributed by atoms with Gasteiger partial charge in [0.2, 0.25) is 0 Å². The van der Waals surface area contributed by atoms with E-state index in [9.17, 15) is 4.79 Å². The average Bonchev–Trinajstić information content (AvgIpc) is 3.51. The summed E-state index contributed by atoms with van der Waals surface area (Å²) in [4.78, 5) is 28.7. The van der Waals surface area contributed by atoms with Crippen LogP contribution in [0.3, 0.4) is 0 Å². The van der Waals surface area contributed by atoms with Crippen LogP contribution in [-0.2, 0) is 4.74 Å². The van der Waals surface area contributed by atoms with Crippen molar-refractivity contribution in [2.75, 3.05) is 42.4 Å². The number of nitrogens with zero attached hydrogens (tertiary/aromatic N) is 4. The van der Waals surface area contributed by atoms with E-state index in [0.29, 0.717) is 24.0 Å². The number of nitrogen functional groups attached to an aromatic ring is 1. The molecule has 0 saturated heterocycles. The van der Waals surface area contributed by atoms with Gasteiger partial charge in [-0.2, -0.15) is 0 Å². The second-order valence-corrected chi connectivity index (χ2v) is 13.5. The summed E-state index contributed by atoms with van der Waals surface area (Å²) in [5.41, 5.74) is 12.2. The van der Waals surface area contributed by atoms with E-state index in [1.165, 1.54) is 18.3 Å². The Hall–Kier alpha value is -2.81. The van der Waals surface area contributed by atoms with Crippen LogP contribution in [0.5, 0.6) is 0 Å². The largest absolute Gasteiger partial charge is 0.460 e. The minimum atomic E-state index is -0.285. The number of carbonyl (C=O) groups excluding carboxylic acids is 1. The van der Waals surface area contributed by atoms with Crippen LogP contribution in [0.4, 0.5) is 17.3 Å². The van der Waals surface area contributed by atoms with E-state index in [2.05, 4.69) is 74.5 Å². The van der Waals surface area contributed by atoms with Crippen LogP contribution in [0, 0.1) is 16.7 Å². The minimum absolute atomic E-state index is 0.101. The predicted molar refractivity (Wildman–Crippen MR) is 164 cm³/mol. The molecule has 3 aliphatic rings. The Morgan fingerprint density at radius 2 is 2.10 bits per heavy atom. The number of hydrogen-bond donors (Lipinski definition) is 2. The Balaban J connectivity index is 1.28. The molecule has 2 aliphatic carbocycles. The molecule has 3 unspecified atom stereocenters. The van der Waals surface area contributed by atoms with Crippen LogP contribution in [0.25, 0.3) is 0 Å². The molecule has 1 aliphatic heterocycles. The third kappa shape index (κ3) is 5.41. The van der Waals surface area contributed by atoms with E-state index in [4.69, 9.17) is 10.5 Å². The second kappa shape index (κ2) is 11.2. The Morgan fingerprint density at radius 3 is 2.85 bits per heavy atom. The van der Waals surface area contributed by atoms with Gasteiger partial charge in [-0.1, -0.05) is 43.6 Å². The lowest BCUT2D eigenvalue weighted by Gasteiger charge is -2.50. The van der Waals surface area contributed by atoms with Crippen molar-refractivity contribution in [3.05, 3.63) is 51.6 Å². The van der Waals surface area contributed by atoms with Crippen LogP contribution in [0.2, 0.25) is 0 Å². The van der Waals surface area contributed by atoms with Gasteiger partial charge in [-0.3, -0.25) is 0 Å². The summed E-state index contributed by atoms with van der Waals surface area (Å²) < 4.78 is 6.74. The molecule has 8 nitrogen and oxygen atoms in total. The fourth-order valence-corrected chi connectivity index (χ4v) is 7.40. The van der Waals surface area contributed by atoms with E-state index in [0.717, 1.165) is 67.7 Å². The zero-order valence-electron chi connectivity index (χ0n) is 24.5. The number of halogens is 1. The lowest BCUT2D eigenvalue weighted by molar-refractivity contribution is 0.0305. The molecule has 3 N–H and O–H groups in total. The second-order valence-electron chi connectivity index (χ2n) is 12.6. The third-order valence-corrected chi connectivity index (χ3v) is 10.3. The molecule has 40 heavy (non-hydrogen) atoms. The van der Waals surface area contributed by atoms with Gasteiger partial charge in [0, 0.05) is 29.7 Å². The fraction of sp³-hybridized carbons (Fsp3) is 0.581. The average molecular weight is 612 g/mol. The highest BCUT2D eigenvalue weighted by atomic mass is 79.9. The first-order valence-corrected chi connectivity index (χ1v) is 15.3. The number of nitrogens with one attached hydrogen (secondary N) is 1. The summed E-state index contributed by atoms with van der Waals surface area (Å²) >= 11 is 3.40. The van der Waals surface area contributed by atoms with Crippen molar-refractivity contribution in [2.24, 2.45) is 16.7 Å². The molecule has 2 aromatic heterocycles. The summed E-state index contributed by atoms with van der Waals surface area (Å²) in [6.07, 6.45) is 13.5. The summed E-state index contributed by atoms with van der Waals surface area (Å²) in [5, 5.41) is 0. The van der Waals surface area contributed by atoms with Gasteiger partial charge in [0.05, 0.1) is 6.67 Å².